The summed E-state index contributed by atoms with van der Waals surface area (Å²) in [5.41, 5.74) is 2.76. The molecule has 0 aliphatic heterocycles. The molecule has 0 amide bonds. The molecule has 25 heavy (non-hydrogen) atoms. The summed E-state index contributed by atoms with van der Waals surface area (Å²) < 4.78 is 15.3. The molecule has 0 spiro atoms. The molecule has 0 saturated carbocycles. The van der Waals surface area contributed by atoms with Crippen LogP contribution in [-0.4, -0.2) is 25.7 Å². The molecule has 0 bridgehead atoms. The first kappa shape index (κ1) is 18.5. The van der Waals surface area contributed by atoms with E-state index in [4.69, 9.17) is 9.47 Å². The van der Waals surface area contributed by atoms with Gasteiger partial charge in [0.2, 0.25) is 0 Å². The number of methoxy groups -OCH3 is 1. The van der Waals surface area contributed by atoms with E-state index in [1.807, 2.05) is 25.1 Å². The zero-order valence-corrected chi connectivity index (χ0v) is 14.9. The Morgan fingerprint density at radius 2 is 1.64 bits per heavy atom. The van der Waals surface area contributed by atoms with Crippen LogP contribution in [0.15, 0.2) is 42.5 Å². The average molecular weight is 342 g/mol. The summed E-state index contributed by atoms with van der Waals surface area (Å²) >= 11 is 0. The number of hydrogen-bond acceptors (Lipinski definition) is 5. The fourth-order valence-electron chi connectivity index (χ4n) is 2.47. The minimum atomic E-state index is -0.517. The van der Waals surface area contributed by atoms with Gasteiger partial charge in [0, 0.05) is 0 Å². The number of ether oxygens (including phenoxy) is 3. The number of rotatable bonds is 6. The lowest BCUT2D eigenvalue weighted by molar-refractivity contribution is -0.136. The molecule has 0 heterocycles. The molecule has 5 heteroatoms. The molecule has 0 aliphatic rings. The van der Waals surface area contributed by atoms with Crippen molar-refractivity contribution in [2.24, 2.45) is 0 Å². The standard InChI is InChI=1S/C20H22O5/c1-13(2)18-10-9-17(11-14(18)3)24-12-19(21)25-16-7-5-15(6-8-16)20(22)23-4/h5-11,13H,12H2,1-4H3. The third-order valence-corrected chi connectivity index (χ3v) is 3.73. The van der Waals surface area contributed by atoms with E-state index in [-0.39, 0.29) is 6.61 Å². The number of carbonyl (C=O) groups excluding carboxylic acids is 2. The van der Waals surface area contributed by atoms with Gasteiger partial charge in [0.25, 0.3) is 0 Å². The fourth-order valence-corrected chi connectivity index (χ4v) is 2.47. The van der Waals surface area contributed by atoms with Crippen molar-refractivity contribution in [2.45, 2.75) is 26.7 Å². The van der Waals surface area contributed by atoms with Crippen LogP contribution in [0.5, 0.6) is 11.5 Å². The van der Waals surface area contributed by atoms with Crippen molar-refractivity contribution < 1.29 is 23.8 Å². The summed E-state index contributed by atoms with van der Waals surface area (Å²) in [6.45, 7) is 6.08. The normalized spacial score (nSPS) is 10.4. The maximum Gasteiger partial charge on any atom is 0.349 e. The summed E-state index contributed by atoms with van der Waals surface area (Å²) in [4.78, 5) is 23.2. The number of aryl methyl sites for hydroxylation is 1. The Morgan fingerprint density at radius 1 is 1.00 bits per heavy atom. The van der Waals surface area contributed by atoms with Gasteiger partial charge in [0.15, 0.2) is 6.61 Å². The van der Waals surface area contributed by atoms with Crippen molar-refractivity contribution in [1.82, 2.24) is 0 Å². The highest BCUT2D eigenvalue weighted by Crippen LogP contribution is 2.23. The molecule has 2 aromatic rings. The van der Waals surface area contributed by atoms with Crippen molar-refractivity contribution >= 4 is 11.9 Å². The number of esters is 2. The topological polar surface area (TPSA) is 61.8 Å². The molecule has 0 atom stereocenters. The summed E-state index contributed by atoms with van der Waals surface area (Å²) in [5, 5.41) is 0. The minimum absolute atomic E-state index is 0.195. The Labute approximate surface area is 147 Å². The molecule has 0 N–H and O–H groups in total. The first-order chi connectivity index (χ1) is 11.9. The first-order valence-electron chi connectivity index (χ1n) is 8.03. The fraction of sp³-hybridized carbons (Fsp3) is 0.300. The van der Waals surface area contributed by atoms with Crippen LogP contribution >= 0.6 is 0 Å². The predicted molar refractivity (Wildman–Crippen MR) is 94.2 cm³/mol. The number of benzene rings is 2. The lowest BCUT2D eigenvalue weighted by Gasteiger charge is -2.12. The highest BCUT2D eigenvalue weighted by molar-refractivity contribution is 5.89. The largest absolute Gasteiger partial charge is 0.482 e. The van der Waals surface area contributed by atoms with E-state index in [1.165, 1.54) is 36.9 Å². The van der Waals surface area contributed by atoms with Crippen molar-refractivity contribution in [3.05, 3.63) is 59.2 Å². The minimum Gasteiger partial charge on any atom is -0.482 e. The predicted octanol–water partition coefficient (Wildman–Crippen LogP) is 3.89. The SMILES string of the molecule is COC(=O)c1ccc(OC(=O)COc2ccc(C(C)C)c(C)c2)cc1. The van der Waals surface area contributed by atoms with E-state index in [0.717, 1.165) is 5.56 Å². The van der Waals surface area contributed by atoms with Crippen molar-refractivity contribution in [3.63, 3.8) is 0 Å². The summed E-state index contributed by atoms with van der Waals surface area (Å²) in [7, 11) is 1.31. The average Bonchev–Trinajstić information content (AvgIpc) is 2.59. The van der Waals surface area contributed by atoms with Crippen LogP contribution in [0.25, 0.3) is 0 Å². The Bertz CT molecular complexity index is 747. The highest BCUT2D eigenvalue weighted by Gasteiger charge is 2.10. The summed E-state index contributed by atoms with van der Waals surface area (Å²) in [5.74, 6) is 0.442. The monoisotopic (exact) mass is 342 g/mol. The number of hydrogen-bond donors (Lipinski definition) is 0. The second-order valence-electron chi connectivity index (χ2n) is 5.95. The van der Waals surface area contributed by atoms with Gasteiger partial charge in [-0.1, -0.05) is 19.9 Å². The molecular formula is C20H22O5. The maximum absolute atomic E-state index is 11.9. The van der Waals surface area contributed by atoms with Gasteiger partial charge in [-0.3, -0.25) is 0 Å². The smallest absolute Gasteiger partial charge is 0.349 e. The Morgan fingerprint density at radius 3 is 2.20 bits per heavy atom. The third kappa shape index (κ3) is 5.08. The number of carbonyl (C=O) groups is 2. The van der Waals surface area contributed by atoms with Gasteiger partial charge < -0.3 is 14.2 Å². The molecule has 0 radical (unpaired) electrons. The van der Waals surface area contributed by atoms with Crippen molar-refractivity contribution in [3.8, 4) is 11.5 Å². The Balaban J connectivity index is 1.90. The third-order valence-electron chi connectivity index (χ3n) is 3.73. The van der Waals surface area contributed by atoms with Crippen molar-refractivity contribution in [1.29, 1.82) is 0 Å². The second kappa shape index (κ2) is 8.33. The van der Waals surface area contributed by atoms with Crippen LogP contribution in [0.3, 0.4) is 0 Å². The molecule has 0 fully saturated rings. The molecular weight excluding hydrogens is 320 g/mol. The van der Waals surface area contributed by atoms with Crippen LogP contribution < -0.4 is 9.47 Å². The molecule has 0 aromatic heterocycles. The van der Waals surface area contributed by atoms with E-state index in [2.05, 4.69) is 18.6 Å². The molecule has 0 saturated heterocycles. The van der Waals surface area contributed by atoms with E-state index >= 15 is 0 Å². The van der Waals surface area contributed by atoms with Gasteiger partial charge in [-0.2, -0.15) is 0 Å². The Hall–Kier alpha value is -2.82. The quantitative estimate of drug-likeness (QED) is 0.589. The van der Waals surface area contributed by atoms with Crippen LogP contribution in [0.2, 0.25) is 0 Å². The van der Waals surface area contributed by atoms with E-state index in [9.17, 15) is 9.59 Å². The molecule has 2 rings (SSSR count). The Kier molecular flexibility index (Phi) is 6.17. The first-order valence-corrected chi connectivity index (χ1v) is 8.03. The van der Waals surface area contributed by atoms with Gasteiger partial charge in [0.05, 0.1) is 12.7 Å². The molecule has 2 aromatic carbocycles. The van der Waals surface area contributed by atoms with Crippen LogP contribution in [0.1, 0.15) is 41.3 Å². The van der Waals surface area contributed by atoms with Crippen LogP contribution in [0.4, 0.5) is 0 Å². The van der Waals surface area contributed by atoms with Crippen LogP contribution in [-0.2, 0) is 9.53 Å². The zero-order valence-electron chi connectivity index (χ0n) is 14.9. The molecule has 0 aliphatic carbocycles. The van der Waals surface area contributed by atoms with Gasteiger partial charge >= 0.3 is 11.9 Å². The van der Waals surface area contributed by atoms with Crippen molar-refractivity contribution in [2.75, 3.05) is 13.7 Å². The highest BCUT2D eigenvalue weighted by atomic mass is 16.6. The summed E-state index contributed by atoms with van der Waals surface area (Å²) in [6, 6.07) is 11.9. The van der Waals surface area contributed by atoms with Crippen LogP contribution in [0, 0.1) is 6.92 Å². The lowest BCUT2D eigenvalue weighted by atomic mass is 9.98. The second-order valence-corrected chi connectivity index (χ2v) is 5.95. The van der Waals surface area contributed by atoms with E-state index in [0.29, 0.717) is 23.0 Å². The lowest BCUT2D eigenvalue weighted by Crippen LogP contribution is -2.17. The van der Waals surface area contributed by atoms with Gasteiger partial charge in [-0.05, 0) is 60.4 Å². The molecule has 5 nitrogen and oxygen atoms in total. The van der Waals surface area contributed by atoms with Gasteiger partial charge in [0.1, 0.15) is 11.5 Å². The summed E-state index contributed by atoms with van der Waals surface area (Å²) in [6.07, 6.45) is 0. The van der Waals surface area contributed by atoms with Gasteiger partial charge in [-0.15, -0.1) is 0 Å². The van der Waals surface area contributed by atoms with Gasteiger partial charge in [-0.25, -0.2) is 9.59 Å². The molecule has 0 unspecified atom stereocenters. The van der Waals surface area contributed by atoms with E-state index < -0.39 is 11.9 Å². The molecule has 132 valence electrons. The zero-order chi connectivity index (χ0) is 18.4. The van der Waals surface area contributed by atoms with E-state index in [1.54, 1.807) is 0 Å². The maximum atomic E-state index is 11.9.